The summed E-state index contributed by atoms with van der Waals surface area (Å²) in [5, 5.41) is 9.02. The van der Waals surface area contributed by atoms with Crippen LogP contribution in [0.2, 0.25) is 0 Å². The number of allylic oxidation sites excluding steroid dienone is 4. The highest BCUT2D eigenvalue weighted by atomic mass is 32.2. The molecule has 3 nitrogen and oxygen atoms in total. The Morgan fingerprint density at radius 1 is 1.21 bits per heavy atom. The van der Waals surface area contributed by atoms with Crippen LogP contribution in [0, 0.1) is 0 Å². The summed E-state index contributed by atoms with van der Waals surface area (Å²) in [5.41, 5.74) is 1.77. The summed E-state index contributed by atoms with van der Waals surface area (Å²) in [6.07, 6.45) is 5.24. The first-order valence-electron chi connectivity index (χ1n) is 5.81. The van der Waals surface area contributed by atoms with Gasteiger partial charge in [-0.3, -0.25) is 4.79 Å². The smallest absolute Gasteiger partial charge is 0.331 e. The number of carbonyl (C=O) groups excluding carboxylic acids is 1. The molecule has 0 bridgehead atoms. The van der Waals surface area contributed by atoms with Crippen molar-refractivity contribution in [2.24, 2.45) is 0 Å². The van der Waals surface area contributed by atoms with Crippen LogP contribution in [0.4, 0.5) is 0 Å². The van der Waals surface area contributed by atoms with Gasteiger partial charge in [0.05, 0.1) is 0 Å². The molecule has 0 atom stereocenters. The topological polar surface area (TPSA) is 54.4 Å². The minimum Gasteiger partial charge on any atom is -0.478 e. The Hall–Kier alpha value is -2.07. The first kappa shape index (κ1) is 12.0. The Bertz CT molecular complexity index is 680. The van der Waals surface area contributed by atoms with E-state index in [1.807, 2.05) is 18.2 Å². The lowest BCUT2D eigenvalue weighted by atomic mass is 9.97. The Labute approximate surface area is 114 Å². The molecule has 1 aliphatic heterocycles. The van der Waals surface area contributed by atoms with E-state index >= 15 is 0 Å². The van der Waals surface area contributed by atoms with Crippen LogP contribution >= 0.6 is 11.8 Å². The predicted molar refractivity (Wildman–Crippen MR) is 73.1 cm³/mol. The molecular formula is C15H10O3S. The Morgan fingerprint density at radius 3 is 2.79 bits per heavy atom. The van der Waals surface area contributed by atoms with E-state index in [0.717, 1.165) is 15.4 Å². The standard InChI is InChI=1S/C15H10O3S/c16-12-8-10-7-9(15(17)18)5-6-13(10)19-14-4-2-1-3-11(12)14/h1-6,8H,7H2,(H,17,18). The molecule has 19 heavy (non-hydrogen) atoms. The fraction of sp³-hybridized carbons (Fsp3) is 0.0667. The lowest BCUT2D eigenvalue weighted by Gasteiger charge is -2.14. The van der Waals surface area contributed by atoms with Crippen LogP contribution in [0.15, 0.2) is 63.4 Å². The van der Waals surface area contributed by atoms with Crippen molar-refractivity contribution in [2.45, 2.75) is 11.3 Å². The number of rotatable bonds is 1. The van der Waals surface area contributed by atoms with Gasteiger partial charge in [0.15, 0.2) is 5.78 Å². The van der Waals surface area contributed by atoms with E-state index in [9.17, 15) is 9.59 Å². The number of thioether (sulfide) groups is 1. The van der Waals surface area contributed by atoms with Crippen molar-refractivity contribution in [3.63, 3.8) is 0 Å². The molecule has 0 aromatic heterocycles. The zero-order chi connectivity index (χ0) is 13.4. The molecule has 1 aromatic rings. The Kier molecular flexibility index (Phi) is 2.87. The second kappa shape index (κ2) is 4.55. The van der Waals surface area contributed by atoms with Gasteiger partial charge in [-0.2, -0.15) is 0 Å². The number of carbonyl (C=O) groups is 2. The lowest BCUT2D eigenvalue weighted by Crippen LogP contribution is -2.06. The number of hydrogen-bond acceptors (Lipinski definition) is 3. The van der Waals surface area contributed by atoms with Crippen molar-refractivity contribution in [3.8, 4) is 0 Å². The largest absolute Gasteiger partial charge is 0.478 e. The molecule has 0 saturated heterocycles. The predicted octanol–water partition coefficient (Wildman–Crippen LogP) is 3.20. The first-order valence-corrected chi connectivity index (χ1v) is 6.63. The third-order valence-electron chi connectivity index (χ3n) is 3.09. The van der Waals surface area contributed by atoms with E-state index in [1.165, 1.54) is 11.8 Å². The second-order valence-electron chi connectivity index (χ2n) is 4.34. The van der Waals surface area contributed by atoms with Crippen molar-refractivity contribution in [3.05, 3.63) is 64.1 Å². The molecule has 3 rings (SSSR count). The molecule has 4 heteroatoms. The van der Waals surface area contributed by atoms with Crippen LogP contribution in [0.1, 0.15) is 16.8 Å². The molecule has 0 saturated carbocycles. The van der Waals surface area contributed by atoms with Crippen molar-refractivity contribution >= 4 is 23.5 Å². The van der Waals surface area contributed by atoms with Gasteiger partial charge in [-0.1, -0.05) is 30.0 Å². The van der Waals surface area contributed by atoms with Crippen LogP contribution in [-0.4, -0.2) is 16.9 Å². The van der Waals surface area contributed by atoms with Gasteiger partial charge in [0.25, 0.3) is 0 Å². The summed E-state index contributed by atoms with van der Waals surface area (Å²) >= 11 is 1.51. The van der Waals surface area contributed by atoms with E-state index in [1.54, 1.807) is 24.3 Å². The third kappa shape index (κ3) is 2.15. The molecule has 0 amide bonds. The molecule has 1 aliphatic carbocycles. The molecule has 0 fully saturated rings. The van der Waals surface area contributed by atoms with Crippen LogP contribution in [0.25, 0.3) is 0 Å². The summed E-state index contributed by atoms with van der Waals surface area (Å²) in [6.45, 7) is 0. The molecule has 0 radical (unpaired) electrons. The van der Waals surface area contributed by atoms with E-state index in [0.29, 0.717) is 17.6 Å². The number of carboxylic acids is 1. The maximum absolute atomic E-state index is 12.2. The number of carboxylic acid groups (broad SMARTS) is 1. The molecular weight excluding hydrogens is 260 g/mol. The van der Waals surface area contributed by atoms with Gasteiger partial charge in [-0.15, -0.1) is 0 Å². The molecule has 1 N–H and O–H groups in total. The van der Waals surface area contributed by atoms with Crippen LogP contribution in [0.3, 0.4) is 0 Å². The maximum Gasteiger partial charge on any atom is 0.331 e. The fourth-order valence-corrected chi connectivity index (χ4v) is 3.18. The van der Waals surface area contributed by atoms with Crippen molar-refractivity contribution in [2.75, 3.05) is 0 Å². The van der Waals surface area contributed by atoms with E-state index in [-0.39, 0.29) is 5.78 Å². The van der Waals surface area contributed by atoms with Gasteiger partial charge >= 0.3 is 5.97 Å². The number of hydrogen-bond donors (Lipinski definition) is 1. The SMILES string of the molecule is O=C(O)C1=CC=C2Sc3ccccc3C(=O)C=C2C1. The molecule has 0 spiro atoms. The lowest BCUT2D eigenvalue weighted by molar-refractivity contribution is -0.132. The zero-order valence-electron chi connectivity index (χ0n) is 9.92. The summed E-state index contributed by atoms with van der Waals surface area (Å²) in [6, 6.07) is 7.43. The highest BCUT2D eigenvalue weighted by Gasteiger charge is 2.23. The molecule has 94 valence electrons. The Morgan fingerprint density at radius 2 is 2.00 bits per heavy atom. The first-order chi connectivity index (χ1) is 9.15. The van der Waals surface area contributed by atoms with Gasteiger partial charge in [0.2, 0.25) is 0 Å². The van der Waals surface area contributed by atoms with Gasteiger partial charge in [0.1, 0.15) is 0 Å². The summed E-state index contributed by atoms with van der Waals surface area (Å²) < 4.78 is 0. The zero-order valence-corrected chi connectivity index (χ0v) is 10.7. The second-order valence-corrected chi connectivity index (χ2v) is 5.42. The monoisotopic (exact) mass is 270 g/mol. The summed E-state index contributed by atoms with van der Waals surface area (Å²) in [5.74, 6) is -0.997. The van der Waals surface area contributed by atoms with Crippen LogP contribution in [0.5, 0.6) is 0 Å². The Balaban J connectivity index is 2.08. The normalized spacial score (nSPS) is 17.5. The van der Waals surface area contributed by atoms with Crippen LogP contribution < -0.4 is 0 Å². The minimum absolute atomic E-state index is 0.0619. The maximum atomic E-state index is 12.2. The van der Waals surface area contributed by atoms with Crippen LogP contribution in [-0.2, 0) is 4.79 Å². The number of ketones is 1. The number of fused-ring (bicyclic) bond motifs is 2. The molecule has 2 aliphatic rings. The summed E-state index contributed by atoms with van der Waals surface area (Å²) in [4.78, 5) is 25.0. The van der Waals surface area contributed by atoms with Gasteiger partial charge in [-0.05, 0) is 29.9 Å². The number of aliphatic carboxylic acids is 1. The van der Waals surface area contributed by atoms with Crippen molar-refractivity contribution in [1.82, 2.24) is 0 Å². The fourth-order valence-electron chi connectivity index (χ4n) is 2.12. The van der Waals surface area contributed by atoms with E-state index < -0.39 is 5.97 Å². The van der Waals surface area contributed by atoms with Gasteiger partial charge in [-0.25, -0.2) is 4.79 Å². The average molecular weight is 270 g/mol. The van der Waals surface area contributed by atoms with Gasteiger partial charge in [0, 0.05) is 27.4 Å². The number of benzene rings is 1. The minimum atomic E-state index is -0.935. The molecule has 0 unspecified atom stereocenters. The van der Waals surface area contributed by atoms with E-state index in [4.69, 9.17) is 5.11 Å². The molecule has 1 aromatic carbocycles. The van der Waals surface area contributed by atoms with E-state index in [2.05, 4.69) is 0 Å². The van der Waals surface area contributed by atoms with Gasteiger partial charge < -0.3 is 5.11 Å². The van der Waals surface area contributed by atoms with Crippen molar-refractivity contribution < 1.29 is 14.7 Å². The quantitative estimate of drug-likeness (QED) is 0.851. The summed E-state index contributed by atoms with van der Waals surface area (Å²) in [7, 11) is 0. The third-order valence-corrected chi connectivity index (χ3v) is 4.28. The highest BCUT2D eigenvalue weighted by Crippen LogP contribution is 2.41. The highest BCUT2D eigenvalue weighted by molar-refractivity contribution is 8.03. The van der Waals surface area contributed by atoms with Crippen molar-refractivity contribution in [1.29, 1.82) is 0 Å². The average Bonchev–Trinajstić information content (AvgIpc) is 2.54. The molecule has 1 heterocycles.